The molecule has 1 fully saturated rings. The van der Waals surface area contributed by atoms with Gasteiger partial charge in [-0.05, 0) is 55.5 Å². The maximum Gasteiger partial charge on any atom is 0.0562 e. The summed E-state index contributed by atoms with van der Waals surface area (Å²) in [4.78, 5) is 6.23. The van der Waals surface area contributed by atoms with E-state index in [1.165, 1.54) is 24.3 Å². The Morgan fingerprint density at radius 2 is 2.44 bits per heavy atom. The van der Waals surface area contributed by atoms with E-state index in [1.807, 2.05) is 0 Å². The van der Waals surface area contributed by atoms with Gasteiger partial charge in [0.2, 0.25) is 0 Å². The summed E-state index contributed by atoms with van der Waals surface area (Å²) in [5.41, 5.74) is 5.96. The third kappa shape index (κ3) is 3.33. The molecule has 5 heteroatoms. The molecule has 2 rings (SSSR count). The highest BCUT2D eigenvalue weighted by Gasteiger charge is 2.25. The highest BCUT2D eigenvalue weighted by atomic mass is 79.9. The van der Waals surface area contributed by atoms with Crippen molar-refractivity contribution < 1.29 is 0 Å². The molecule has 0 bridgehead atoms. The van der Waals surface area contributed by atoms with Gasteiger partial charge in [0.05, 0.1) is 6.04 Å². The van der Waals surface area contributed by atoms with Crippen molar-refractivity contribution in [1.82, 2.24) is 9.80 Å². The zero-order valence-corrected chi connectivity index (χ0v) is 13.5. The van der Waals surface area contributed by atoms with Crippen LogP contribution in [0.3, 0.4) is 0 Å². The first-order valence-electron chi connectivity index (χ1n) is 6.46. The molecule has 2 unspecified atom stereocenters. The number of hydrogen-bond acceptors (Lipinski definition) is 4. The molecule has 1 saturated heterocycles. The quantitative estimate of drug-likeness (QED) is 0.899. The summed E-state index contributed by atoms with van der Waals surface area (Å²) in [5, 5.41) is 2.13. The van der Waals surface area contributed by atoms with Crippen molar-refractivity contribution in [3.63, 3.8) is 0 Å². The lowest BCUT2D eigenvalue weighted by Crippen LogP contribution is -2.40. The summed E-state index contributed by atoms with van der Waals surface area (Å²) in [5.74, 6) is 0. The maximum absolute atomic E-state index is 5.96. The van der Waals surface area contributed by atoms with Gasteiger partial charge in [-0.2, -0.15) is 0 Å². The van der Waals surface area contributed by atoms with Crippen LogP contribution in [0.4, 0.5) is 0 Å². The first-order chi connectivity index (χ1) is 8.61. The number of nitrogens with two attached hydrogens (primary N) is 1. The SMILES string of the molecule is CN1CCCC1CN(C)C(CN)c1cc(Br)cs1. The maximum atomic E-state index is 5.96. The molecular formula is C13H22BrN3S. The van der Waals surface area contributed by atoms with Gasteiger partial charge in [-0.25, -0.2) is 0 Å². The van der Waals surface area contributed by atoms with Crippen LogP contribution in [0.25, 0.3) is 0 Å². The van der Waals surface area contributed by atoms with E-state index in [9.17, 15) is 0 Å². The molecule has 0 amide bonds. The van der Waals surface area contributed by atoms with Gasteiger partial charge < -0.3 is 10.6 Å². The molecule has 18 heavy (non-hydrogen) atoms. The molecule has 102 valence electrons. The first kappa shape index (κ1) is 14.5. The van der Waals surface area contributed by atoms with Gasteiger partial charge in [0, 0.05) is 33.9 Å². The Labute approximate surface area is 122 Å². The van der Waals surface area contributed by atoms with Crippen LogP contribution in [0.5, 0.6) is 0 Å². The summed E-state index contributed by atoms with van der Waals surface area (Å²) in [6, 6.07) is 3.22. The van der Waals surface area contributed by atoms with E-state index < -0.39 is 0 Å². The Balaban J connectivity index is 1.99. The molecule has 1 aromatic rings. The molecule has 0 aromatic carbocycles. The highest BCUT2D eigenvalue weighted by molar-refractivity contribution is 9.10. The number of hydrogen-bond donors (Lipinski definition) is 1. The molecule has 1 aliphatic heterocycles. The molecule has 0 saturated carbocycles. The van der Waals surface area contributed by atoms with Crippen LogP contribution in [0.15, 0.2) is 15.9 Å². The van der Waals surface area contributed by atoms with Crippen LogP contribution in [-0.4, -0.2) is 49.6 Å². The minimum atomic E-state index is 0.343. The monoisotopic (exact) mass is 331 g/mol. The number of likely N-dealkylation sites (tertiary alicyclic amines) is 1. The van der Waals surface area contributed by atoms with Crippen LogP contribution in [0.2, 0.25) is 0 Å². The van der Waals surface area contributed by atoms with Crippen LogP contribution in [0.1, 0.15) is 23.8 Å². The van der Waals surface area contributed by atoms with E-state index in [2.05, 4.69) is 51.3 Å². The van der Waals surface area contributed by atoms with E-state index in [1.54, 1.807) is 11.3 Å². The fraction of sp³-hybridized carbons (Fsp3) is 0.692. The molecule has 1 aliphatic rings. The van der Waals surface area contributed by atoms with Crippen molar-refractivity contribution in [2.24, 2.45) is 5.73 Å². The van der Waals surface area contributed by atoms with E-state index in [0.29, 0.717) is 18.6 Å². The van der Waals surface area contributed by atoms with E-state index >= 15 is 0 Å². The average Bonchev–Trinajstić information content (AvgIpc) is 2.91. The van der Waals surface area contributed by atoms with Crippen LogP contribution < -0.4 is 5.73 Å². The van der Waals surface area contributed by atoms with Gasteiger partial charge in [0.1, 0.15) is 0 Å². The van der Waals surface area contributed by atoms with E-state index in [0.717, 1.165) is 11.0 Å². The number of halogens is 1. The van der Waals surface area contributed by atoms with Crippen molar-refractivity contribution in [2.45, 2.75) is 24.9 Å². The molecule has 2 atom stereocenters. The zero-order valence-electron chi connectivity index (χ0n) is 11.1. The smallest absolute Gasteiger partial charge is 0.0562 e. The molecular weight excluding hydrogens is 310 g/mol. The number of nitrogens with zero attached hydrogens (tertiary/aromatic N) is 2. The standard InChI is InChI=1S/C13H22BrN3S/c1-16-5-3-4-11(16)8-17(2)12(7-15)13-6-10(14)9-18-13/h6,9,11-12H,3-5,7-8,15H2,1-2H3. The first-order valence-corrected chi connectivity index (χ1v) is 8.13. The Morgan fingerprint density at radius 1 is 1.67 bits per heavy atom. The fourth-order valence-electron chi connectivity index (χ4n) is 2.69. The van der Waals surface area contributed by atoms with Gasteiger partial charge in [0.25, 0.3) is 0 Å². The van der Waals surface area contributed by atoms with Gasteiger partial charge in [-0.3, -0.25) is 4.90 Å². The van der Waals surface area contributed by atoms with E-state index in [-0.39, 0.29) is 0 Å². The molecule has 2 heterocycles. The van der Waals surface area contributed by atoms with Gasteiger partial charge in [-0.1, -0.05) is 0 Å². The predicted molar refractivity (Wildman–Crippen MR) is 82.1 cm³/mol. The average molecular weight is 332 g/mol. The summed E-state index contributed by atoms with van der Waals surface area (Å²) in [6.45, 7) is 3.02. The third-order valence-corrected chi connectivity index (χ3v) is 5.64. The fourth-order valence-corrected chi connectivity index (χ4v) is 4.31. The Hall–Kier alpha value is 0.0600. The second kappa shape index (κ2) is 6.48. The highest BCUT2D eigenvalue weighted by Crippen LogP contribution is 2.29. The van der Waals surface area contributed by atoms with Crippen LogP contribution in [0, 0.1) is 0 Å². The number of rotatable bonds is 5. The second-order valence-electron chi connectivity index (χ2n) is 5.14. The molecule has 3 nitrogen and oxygen atoms in total. The molecule has 2 N–H and O–H groups in total. The van der Waals surface area contributed by atoms with Gasteiger partial charge in [-0.15, -0.1) is 11.3 Å². The van der Waals surface area contributed by atoms with Gasteiger partial charge in [0.15, 0.2) is 0 Å². The normalized spacial score (nSPS) is 22.8. The summed E-state index contributed by atoms with van der Waals surface area (Å²) < 4.78 is 1.16. The second-order valence-corrected chi connectivity index (χ2v) is 6.99. The minimum absolute atomic E-state index is 0.343. The Kier molecular flexibility index (Phi) is 5.21. The van der Waals surface area contributed by atoms with Crippen molar-refractivity contribution >= 4 is 27.3 Å². The molecule has 0 aliphatic carbocycles. The van der Waals surface area contributed by atoms with Gasteiger partial charge >= 0.3 is 0 Å². The van der Waals surface area contributed by atoms with Crippen molar-refractivity contribution in [3.8, 4) is 0 Å². The largest absolute Gasteiger partial charge is 0.329 e. The minimum Gasteiger partial charge on any atom is -0.329 e. The van der Waals surface area contributed by atoms with Crippen LogP contribution >= 0.6 is 27.3 Å². The van der Waals surface area contributed by atoms with E-state index in [4.69, 9.17) is 5.73 Å². The molecule has 1 aromatic heterocycles. The number of likely N-dealkylation sites (N-methyl/N-ethyl adjacent to an activating group) is 2. The lowest BCUT2D eigenvalue weighted by atomic mass is 10.1. The summed E-state index contributed by atoms with van der Waals surface area (Å²) in [7, 11) is 4.42. The Bertz CT molecular complexity index is 382. The molecule has 0 radical (unpaired) electrons. The topological polar surface area (TPSA) is 32.5 Å². The summed E-state index contributed by atoms with van der Waals surface area (Å²) >= 11 is 5.31. The third-order valence-electron chi connectivity index (χ3n) is 3.84. The zero-order chi connectivity index (χ0) is 13.1. The van der Waals surface area contributed by atoms with Crippen LogP contribution in [-0.2, 0) is 0 Å². The summed E-state index contributed by atoms with van der Waals surface area (Å²) in [6.07, 6.45) is 2.64. The molecule has 0 spiro atoms. The lowest BCUT2D eigenvalue weighted by Gasteiger charge is -2.31. The predicted octanol–water partition coefficient (Wildman–Crippen LogP) is 2.54. The van der Waals surface area contributed by atoms with Crippen molar-refractivity contribution in [2.75, 3.05) is 33.7 Å². The Morgan fingerprint density at radius 3 is 2.94 bits per heavy atom. The van der Waals surface area contributed by atoms with Crippen molar-refractivity contribution in [1.29, 1.82) is 0 Å². The number of thiophene rings is 1. The van der Waals surface area contributed by atoms with Crippen molar-refractivity contribution in [3.05, 3.63) is 20.8 Å². The lowest BCUT2D eigenvalue weighted by molar-refractivity contribution is 0.181.